The fraction of sp³-hybridized carbons (Fsp3) is 0.478. The van der Waals surface area contributed by atoms with Gasteiger partial charge < -0.3 is 19.9 Å². The Balaban J connectivity index is 1.48. The summed E-state index contributed by atoms with van der Waals surface area (Å²) in [6, 6.07) is 5.75. The Morgan fingerprint density at radius 2 is 2.09 bits per heavy atom. The van der Waals surface area contributed by atoms with Gasteiger partial charge in [0.25, 0.3) is 5.91 Å². The van der Waals surface area contributed by atoms with Gasteiger partial charge in [-0.3, -0.25) is 9.59 Å². The molecular formula is C23H28FN5O3. The minimum atomic E-state index is -0.406. The number of nitrogens with one attached hydrogen (secondary N) is 1. The topological polar surface area (TPSA) is 87.7 Å². The van der Waals surface area contributed by atoms with Gasteiger partial charge in [0, 0.05) is 51.2 Å². The highest BCUT2D eigenvalue weighted by Crippen LogP contribution is 2.30. The van der Waals surface area contributed by atoms with Crippen molar-refractivity contribution in [1.29, 1.82) is 0 Å². The highest BCUT2D eigenvalue weighted by Gasteiger charge is 2.29. The molecule has 170 valence electrons. The third kappa shape index (κ3) is 4.81. The van der Waals surface area contributed by atoms with Crippen LogP contribution in [0, 0.1) is 5.82 Å². The molecule has 2 aliphatic rings. The van der Waals surface area contributed by atoms with Gasteiger partial charge in [-0.25, -0.2) is 14.4 Å². The Hall–Kier alpha value is -3.23. The average Bonchev–Trinajstić information content (AvgIpc) is 2.81. The smallest absolute Gasteiger partial charge is 0.260 e. The molecule has 0 radical (unpaired) electrons. The number of halogens is 1. The van der Waals surface area contributed by atoms with Gasteiger partial charge in [-0.2, -0.15) is 0 Å². The average molecular weight is 442 g/mol. The van der Waals surface area contributed by atoms with Crippen LogP contribution in [-0.2, 0) is 22.6 Å². The number of anilines is 1. The van der Waals surface area contributed by atoms with Crippen molar-refractivity contribution in [2.75, 3.05) is 38.6 Å². The summed E-state index contributed by atoms with van der Waals surface area (Å²) in [6.45, 7) is 3.71. The second-order valence-electron chi connectivity index (χ2n) is 8.22. The summed E-state index contributed by atoms with van der Waals surface area (Å²) in [5.41, 5.74) is 1.84. The molecule has 2 aliphatic heterocycles. The Bertz CT molecular complexity index is 1020. The molecule has 2 amide bonds. The molecule has 0 saturated carbocycles. The van der Waals surface area contributed by atoms with E-state index in [2.05, 4.69) is 5.32 Å². The fourth-order valence-corrected chi connectivity index (χ4v) is 4.32. The van der Waals surface area contributed by atoms with Gasteiger partial charge in [0.2, 0.25) is 5.91 Å². The van der Waals surface area contributed by atoms with Crippen molar-refractivity contribution in [3.8, 4) is 5.75 Å². The number of hydrogen-bond donors (Lipinski definition) is 1. The minimum Gasteiger partial charge on any atom is -0.484 e. The van der Waals surface area contributed by atoms with E-state index >= 15 is 0 Å². The first-order valence-corrected chi connectivity index (χ1v) is 10.9. The van der Waals surface area contributed by atoms with Gasteiger partial charge in [-0.1, -0.05) is 6.07 Å². The van der Waals surface area contributed by atoms with E-state index in [0.29, 0.717) is 37.6 Å². The number of ether oxygens (including phenoxy) is 1. The fourth-order valence-electron chi connectivity index (χ4n) is 4.32. The SMILES string of the molecule is CNc1nc([C@@H]2CCCN(C(C)=O)C2)nc2c1CCN(C(=O)COc1cccc(F)c1)C2. The van der Waals surface area contributed by atoms with Crippen LogP contribution < -0.4 is 10.1 Å². The Labute approximate surface area is 186 Å². The molecule has 1 atom stereocenters. The van der Waals surface area contributed by atoms with Crippen molar-refractivity contribution < 1.29 is 18.7 Å². The van der Waals surface area contributed by atoms with E-state index in [4.69, 9.17) is 14.7 Å². The minimum absolute atomic E-state index is 0.0663. The summed E-state index contributed by atoms with van der Waals surface area (Å²) < 4.78 is 18.8. The molecular weight excluding hydrogens is 413 g/mol. The van der Waals surface area contributed by atoms with E-state index in [1.54, 1.807) is 24.0 Å². The van der Waals surface area contributed by atoms with Crippen molar-refractivity contribution >= 4 is 17.6 Å². The predicted octanol–water partition coefficient (Wildman–Crippen LogP) is 2.35. The molecule has 1 N–H and O–H groups in total. The molecule has 1 fully saturated rings. The Kier molecular flexibility index (Phi) is 6.53. The first-order valence-electron chi connectivity index (χ1n) is 10.9. The summed E-state index contributed by atoms with van der Waals surface area (Å²) >= 11 is 0. The number of benzene rings is 1. The maximum absolute atomic E-state index is 13.3. The number of aromatic nitrogens is 2. The van der Waals surface area contributed by atoms with E-state index in [1.165, 1.54) is 12.1 Å². The number of carbonyl (C=O) groups excluding carboxylic acids is 2. The van der Waals surface area contributed by atoms with Crippen LogP contribution in [0.3, 0.4) is 0 Å². The van der Waals surface area contributed by atoms with E-state index in [1.807, 2.05) is 11.9 Å². The number of hydrogen-bond acceptors (Lipinski definition) is 6. The summed E-state index contributed by atoms with van der Waals surface area (Å²) in [6.07, 6.45) is 2.49. The Morgan fingerprint density at radius 1 is 1.25 bits per heavy atom. The van der Waals surface area contributed by atoms with Gasteiger partial charge in [0.05, 0.1) is 12.2 Å². The molecule has 0 aliphatic carbocycles. The number of carbonyl (C=O) groups is 2. The van der Waals surface area contributed by atoms with Crippen LogP contribution in [0.1, 0.15) is 42.8 Å². The summed E-state index contributed by atoms with van der Waals surface area (Å²) in [7, 11) is 1.83. The third-order valence-electron chi connectivity index (χ3n) is 6.06. The van der Waals surface area contributed by atoms with Crippen LogP contribution in [0.5, 0.6) is 5.75 Å². The van der Waals surface area contributed by atoms with E-state index in [9.17, 15) is 14.0 Å². The van der Waals surface area contributed by atoms with Crippen LogP contribution in [0.2, 0.25) is 0 Å². The maximum Gasteiger partial charge on any atom is 0.260 e. The molecule has 8 nitrogen and oxygen atoms in total. The van der Waals surface area contributed by atoms with Gasteiger partial charge in [-0.05, 0) is 31.4 Å². The predicted molar refractivity (Wildman–Crippen MR) is 117 cm³/mol. The monoisotopic (exact) mass is 441 g/mol. The van der Waals surface area contributed by atoms with Crippen LogP contribution >= 0.6 is 0 Å². The summed E-state index contributed by atoms with van der Waals surface area (Å²) in [4.78, 5) is 37.7. The first kappa shape index (κ1) is 22.0. The highest BCUT2D eigenvalue weighted by atomic mass is 19.1. The van der Waals surface area contributed by atoms with Crippen LogP contribution in [0.15, 0.2) is 24.3 Å². The van der Waals surface area contributed by atoms with Crippen LogP contribution in [0.25, 0.3) is 0 Å². The molecule has 1 aromatic carbocycles. The van der Waals surface area contributed by atoms with Crippen molar-refractivity contribution in [2.45, 2.75) is 38.6 Å². The van der Waals surface area contributed by atoms with Crippen molar-refractivity contribution in [2.24, 2.45) is 0 Å². The van der Waals surface area contributed by atoms with Crippen molar-refractivity contribution in [3.63, 3.8) is 0 Å². The maximum atomic E-state index is 13.3. The molecule has 1 saturated heterocycles. The second kappa shape index (κ2) is 9.50. The molecule has 9 heteroatoms. The molecule has 1 aromatic heterocycles. The first-order chi connectivity index (χ1) is 15.4. The number of nitrogens with zero attached hydrogens (tertiary/aromatic N) is 4. The van der Waals surface area contributed by atoms with Gasteiger partial charge in [0.1, 0.15) is 23.2 Å². The lowest BCUT2D eigenvalue weighted by Gasteiger charge is -2.33. The Morgan fingerprint density at radius 3 is 2.84 bits per heavy atom. The zero-order chi connectivity index (χ0) is 22.7. The normalized spacial score (nSPS) is 18.2. The standard InChI is InChI=1S/C23H28FN5O3/c1-15(30)28-9-4-5-16(12-28)22-26-20-13-29(10-8-19(20)23(25-2)27-22)21(31)14-32-18-7-3-6-17(24)11-18/h3,6-7,11,16H,4-5,8-10,12-14H2,1-2H3,(H,25,26,27)/t16-/m1/s1. The molecule has 3 heterocycles. The van der Waals surface area contributed by atoms with E-state index in [0.717, 1.165) is 36.5 Å². The van der Waals surface area contributed by atoms with E-state index in [-0.39, 0.29) is 24.3 Å². The zero-order valence-electron chi connectivity index (χ0n) is 18.4. The van der Waals surface area contributed by atoms with Crippen molar-refractivity contribution in [1.82, 2.24) is 19.8 Å². The number of piperidine rings is 1. The largest absolute Gasteiger partial charge is 0.484 e. The van der Waals surface area contributed by atoms with Gasteiger partial charge in [-0.15, -0.1) is 0 Å². The van der Waals surface area contributed by atoms with Gasteiger partial charge >= 0.3 is 0 Å². The lowest BCUT2D eigenvalue weighted by molar-refractivity contribution is -0.134. The number of rotatable bonds is 5. The van der Waals surface area contributed by atoms with Crippen LogP contribution in [0.4, 0.5) is 10.2 Å². The van der Waals surface area contributed by atoms with Gasteiger partial charge in [0.15, 0.2) is 6.61 Å². The zero-order valence-corrected chi connectivity index (χ0v) is 18.4. The van der Waals surface area contributed by atoms with E-state index < -0.39 is 5.82 Å². The van der Waals surface area contributed by atoms with Crippen molar-refractivity contribution in [3.05, 3.63) is 47.2 Å². The molecule has 0 bridgehead atoms. The number of amides is 2. The quantitative estimate of drug-likeness (QED) is 0.767. The highest BCUT2D eigenvalue weighted by molar-refractivity contribution is 5.78. The third-order valence-corrected chi connectivity index (χ3v) is 6.06. The molecule has 0 unspecified atom stereocenters. The molecule has 4 rings (SSSR count). The second-order valence-corrected chi connectivity index (χ2v) is 8.22. The molecule has 2 aromatic rings. The molecule has 32 heavy (non-hydrogen) atoms. The summed E-state index contributed by atoms with van der Waals surface area (Å²) in [5.74, 6) is 1.38. The number of likely N-dealkylation sites (tertiary alicyclic amines) is 1. The lowest BCUT2D eigenvalue weighted by atomic mass is 9.96. The molecule has 0 spiro atoms. The number of fused-ring (bicyclic) bond motifs is 1. The lowest BCUT2D eigenvalue weighted by Crippen LogP contribution is -2.40. The summed E-state index contributed by atoms with van der Waals surface area (Å²) in [5, 5.41) is 3.17. The van der Waals surface area contributed by atoms with Crippen LogP contribution in [-0.4, -0.2) is 64.9 Å².